The zero-order valence-corrected chi connectivity index (χ0v) is 19.2. The van der Waals surface area contributed by atoms with Crippen molar-refractivity contribution < 1.29 is 9.90 Å². The van der Waals surface area contributed by atoms with Crippen LogP contribution in [0.15, 0.2) is 84.4 Å². The minimum Gasteiger partial charge on any atom is -0.508 e. The number of urea groups is 1. The molecule has 6 nitrogen and oxygen atoms in total. The first kappa shape index (κ1) is 21.5. The summed E-state index contributed by atoms with van der Waals surface area (Å²) in [6.07, 6.45) is 1.77. The molecule has 0 atom stereocenters. The number of amides is 2. The molecule has 0 aliphatic rings. The zero-order valence-electron chi connectivity index (χ0n) is 18.4. The fourth-order valence-corrected chi connectivity index (χ4v) is 5.00. The van der Waals surface area contributed by atoms with Gasteiger partial charge in [-0.3, -0.25) is 0 Å². The Kier molecular flexibility index (Phi) is 5.61. The van der Waals surface area contributed by atoms with Crippen LogP contribution < -0.4 is 16.4 Å². The quantitative estimate of drug-likeness (QED) is 0.232. The van der Waals surface area contributed by atoms with Crippen LogP contribution in [0, 0.1) is 6.92 Å². The van der Waals surface area contributed by atoms with Crippen LogP contribution in [0.1, 0.15) is 5.56 Å². The molecular weight excluding hydrogens is 444 g/mol. The molecule has 2 heterocycles. The number of phenols is 1. The van der Waals surface area contributed by atoms with Gasteiger partial charge < -0.3 is 21.5 Å². The molecule has 7 heteroatoms. The number of aromatic hydroxyl groups is 1. The van der Waals surface area contributed by atoms with Gasteiger partial charge >= 0.3 is 6.03 Å². The standard InChI is InChI=1S/C27H22N4O2S/c1-16-3-2-4-20(13-16)31-27(33)30-19-9-5-18(6-10-19)23-15-34-25-22(14-29-26(28)24(23)25)17-7-11-21(32)12-8-17/h2-15,32H,1H3,(H2,28,29)(H2,30,31,33). The van der Waals surface area contributed by atoms with Crippen molar-refractivity contribution in [2.75, 3.05) is 16.4 Å². The van der Waals surface area contributed by atoms with E-state index in [2.05, 4.69) is 21.0 Å². The van der Waals surface area contributed by atoms with Crippen molar-refractivity contribution in [2.24, 2.45) is 0 Å². The van der Waals surface area contributed by atoms with Gasteiger partial charge in [-0.25, -0.2) is 9.78 Å². The maximum absolute atomic E-state index is 12.4. The third-order valence-corrected chi connectivity index (χ3v) is 6.55. The Morgan fingerprint density at radius 2 is 1.59 bits per heavy atom. The summed E-state index contributed by atoms with van der Waals surface area (Å²) in [4.78, 5) is 16.8. The van der Waals surface area contributed by atoms with Gasteiger partial charge in [0.2, 0.25) is 0 Å². The monoisotopic (exact) mass is 466 g/mol. The second-order valence-electron chi connectivity index (χ2n) is 7.98. The molecule has 0 radical (unpaired) electrons. The second kappa shape index (κ2) is 8.88. The van der Waals surface area contributed by atoms with Crippen LogP contribution in [0.3, 0.4) is 0 Å². The number of anilines is 3. The van der Waals surface area contributed by atoms with E-state index in [-0.39, 0.29) is 11.8 Å². The van der Waals surface area contributed by atoms with E-state index < -0.39 is 0 Å². The van der Waals surface area contributed by atoms with Crippen LogP contribution in [-0.4, -0.2) is 16.1 Å². The van der Waals surface area contributed by atoms with Crippen molar-refractivity contribution in [1.29, 1.82) is 0 Å². The number of rotatable bonds is 4. The number of hydrogen-bond donors (Lipinski definition) is 4. The van der Waals surface area contributed by atoms with Gasteiger partial charge in [0, 0.05) is 38.8 Å². The van der Waals surface area contributed by atoms with Crippen LogP contribution in [0.4, 0.5) is 22.0 Å². The van der Waals surface area contributed by atoms with Crippen molar-refractivity contribution in [3.8, 4) is 28.0 Å². The second-order valence-corrected chi connectivity index (χ2v) is 8.86. The molecule has 5 N–H and O–H groups in total. The van der Waals surface area contributed by atoms with Crippen molar-refractivity contribution in [1.82, 2.24) is 4.98 Å². The van der Waals surface area contributed by atoms with Gasteiger partial charge in [-0.1, -0.05) is 36.4 Å². The molecule has 0 saturated carbocycles. The number of phenolic OH excluding ortho intramolecular Hbond substituents is 1. The Labute approximate surface area is 200 Å². The van der Waals surface area contributed by atoms with E-state index in [0.717, 1.165) is 43.6 Å². The molecule has 0 bridgehead atoms. The highest BCUT2D eigenvalue weighted by Gasteiger charge is 2.15. The number of fused-ring (bicyclic) bond motifs is 1. The molecule has 0 aliphatic heterocycles. The third kappa shape index (κ3) is 4.29. The molecule has 0 fully saturated rings. The largest absolute Gasteiger partial charge is 0.508 e. The molecule has 34 heavy (non-hydrogen) atoms. The molecule has 5 rings (SSSR count). The molecule has 0 saturated heterocycles. The molecule has 168 valence electrons. The highest BCUT2D eigenvalue weighted by molar-refractivity contribution is 7.18. The summed E-state index contributed by atoms with van der Waals surface area (Å²) in [5, 5.41) is 18.3. The SMILES string of the molecule is Cc1cccc(NC(=O)Nc2ccc(-c3csc4c(-c5ccc(O)cc5)cnc(N)c34)cc2)c1. The zero-order chi connectivity index (χ0) is 23.7. The first-order valence-electron chi connectivity index (χ1n) is 10.7. The Hall–Kier alpha value is -4.36. The van der Waals surface area contributed by atoms with Crippen molar-refractivity contribution in [2.45, 2.75) is 6.92 Å². The maximum atomic E-state index is 12.4. The van der Waals surface area contributed by atoms with Gasteiger partial charge in [-0.05, 0) is 65.4 Å². The predicted octanol–water partition coefficient (Wildman–Crippen LogP) is 6.87. The molecule has 5 aromatic rings. The fourth-order valence-electron chi connectivity index (χ4n) is 3.88. The number of nitrogens with one attached hydrogen (secondary N) is 2. The Balaban J connectivity index is 1.40. The van der Waals surface area contributed by atoms with Gasteiger partial charge in [0.1, 0.15) is 11.6 Å². The van der Waals surface area contributed by atoms with E-state index in [0.29, 0.717) is 11.5 Å². The summed E-state index contributed by atoms with van der Waals surface area (Å²) >= 11 is 1.60. The number of carbonyl (C=O) groups is 1. The Morgan fingerprint density at radius 1 is 0.912 bits per heavy atom. The molecule has 0 aliphatic carbocycles. The Bertz CT molecular complexity index is 1490. The molecule has 2 aromatic heterocycles. The minimum absolute atomic E-state index is 0.219. The highest BCUT2D eigenvalue weighted by Crippen LogP contribution is 2.42. The number of carbonyl (C=O) groups excluding carboxylic acids is 1. The number of aryl methyl sites for hydroxylation is 1. The van der Waals surface area contributed by atoms with Gasteiger partial charge in [0.15, 0.2) is 0 Å². The van der Waals surface area contributed by atoms with Gasteiger partial charge in [0.25, 0.3) is 0 Å². The van der Waals surface area contributed by atoms with Crippen LogP contribution in [0.2, 0.25) is 0 Å². The maximum Gasteiger partial charge on any atom is 0.323 e. The molecular formula is C27H22N4O2S. The van der Waals surface area contributed by atoms with Crippen molar-refractivity contribution in [3.63, 3.8) is 0 Å². The number of nitrogens with two attached hydrogens (primary N) is 1. The molecule has 0 unspecified atom stereocenters. The van der Waals surface area contributed by atoms with Crippen LogP contribution >= 0.6 is 11.3 Å². The summed E-state index contributed by atoms with van der Waals surface area (Å²) < 4.78 is 1.04. The number of pyridine rings is 1. The number of hydrogen-bond acceptors (Lipinski definition) is 5. The summed E-state index contributed by atoms with van der Waals surface area (Å²) in [6.45, 7) is 1.98. The summed E-state index contributed by atoms with van der Waals surface area (Å²) in [5.74, 6) is 0.685. The molecule has 0 spiro atoms. The predicted molar refractivity (Wildman–Crippen MR) is 140 cm³/mol. The smallest absolute Gasteiger partial charge is 0.323 e. The number of thiophene rings is 1. The third-order valence-electron chi connectivity index (χ3n) is 5.53. The summed E-state index contributed by atoms with van der Waals surface area (Å²) in [7, 11) is 0. The average molecular weight is 467 g/mol. The summed E-state index contributed by atoms with van der Waals surface area (Å²) in [5.41, 5.74) is 12.7. The van der Waals surface area contributed by atoms with Crippen LogP contribution in [-0.2, 0) is 0 Å². The van der Waals surface area contributed by atoms with Crippen molar-refractivity contribution >= 4 is 44.6 Å². The number of nitrogens with zero attached hydrogens (tertiary/aromatic N) is 1. The van der Waals surface area contributed by atoms with Crippen molar-refractivity contribution in [3.05, 3.63) is 89.9 Å². The lowest BCUT2D eigenvalue weighted by molar-refractivity contribution is 0.262. The van der Waals surface area contributed by atoms with Gasteiger partial charge in [0.05, 0.1) is 0 Å². The number of aromatic nitrogens is 1. The van der Waals surface area contributed by atoms with E-state index in [1.807, 2.05) is 67.6 Å². The lowest BCUT2D eigenvalue weighted by atomic mass is 10.0. The average Bonchev–Trinajstić information content (AvgIpc) is 3.27. The van der Waals surface area contributed by atoms with E-state index in [1.54, 1.807) is 29.7 Å². The normalized spacial score (nSPS) is 10.9. The Morgan fingerprint density at radius 3 is 2.32 bits per heavy atom. The first-order chi connectivity index (χ1) is 16.5. The molecule has 2 amide bonds. The lowest BCUT2D eigenvalue weighted by Gasteiger charge is -2.10. The number of benzene rings is 3. The highest BCUT2D eigenvalue weighted by atomic mass is 32.1. The number of nitrogen functional groups attached to an aromatic ring is 1. The van der Waals surface area contributed by atoms with Gasteiger partial charge in [-0.15, -0.1) is 11.3 Å². The lowest BCUT2D eigenvalue weighted by Crippen LogP contribution is -2.19. The van der Waals surface area contributed by atoms with E-state index in [1.165, 1.54) is 0 Å². The molecule has 3 aromatic carbocycles. The van der Waals surface area contributed by atoms with Crippen LogP contribution in [0.25, 0.3) is 32.3 Å². The van der Waals surface area contributed by atoms with Gasteiger partial charge in [-0.2, -0.15) is 0 Å². The van der Waals surface area contributed by atoms with E-state index in [9.17, 15) is 9.90 Å². The van der Waals surface area contributed by atoms with Crippen LogP contribution in [0.5, 0.6) is 5.75 Å². The topological polar surface area (TPSA) is 100 Å². The minimum atomic E-state index is -0.300. The van der Waals surface area contributed by atoms with E-state index in [4.69, 9.17) is 5.73 Å². The fraction of sp³-hybridized carbons (Fsp3) is 0.0370. The summed E-state index contributed by atoms with van der Waals surface area (Å²) in [6, 6.07) is 22.0. The first-order valence-corrected chi connectivity index (χ1v) is 11.6. The van der Waals surface area contributed by atoms with E-state index >= 15 is 0 Å².